The number of aromatic nitrogens is 2. The van der Waals surface area contributed by atoms with Gasteiger partial charge in [0, 0.05) is 25.9 Å². The second-order valence-electron chi connectivity index (χ2n) is 3.02. The van der Waals surface area contributed by atoms with Crippen LogP contribution in [-0.4, -0.2) is 36.3 Å². The Morgan fingerprint density at radius 2 is 2.53 bits per heavy atom. The molecule has 0 bridgehead atoms. The number of rotatable bonds is 6. The Morgan fingerprint density at radius 3 is 3.20 bits per heavy atom. The molecule has 1 rings (SSSR count). The van der Waals surface area contributed by atoms with Crippen molar-refractivity contribution in [2.45, 2.75) is 6.54 Å². The first kappa shape index (κ1) is 11.5. The molecule has 0 saturated heterocycles. The largest absolute Gasteiger partial charge is 0.394 e. The molecule has 0 fully saturated rings. The molecule has 0 aliphatic heterocycles. The van der Waals surface area contributed by atoms with Gasteiger partial charge in [0.1, 0.15) is 0 Å². The van der Waals surface area contributed by atoms with E-state index in [0.717, 1.165) is 5.56 Å². The maximum absolute atomic E-state index is 7.71. The van der Waals surface area contributed by atoms with Crippen LogP contribution in [0.3, 0.4) is 0 Å². The first-order chi connectivity index (χ1) is 7.27. The lowest BCUT2D eigenvalue weighted by molar-refractivity contribution is 0.183. The van der Waals surface area contributed by atoms with Crippen molar-refractivity contribution in [1.82, 2.24) is 15.1 Å². The summed E-state index contributed by atoms with van der Waals surface area (Å²) in [6.45, 7) is 1.33. The van der Waals surface area contributed by atoms with Crippen molar-refractivity contribution in [1.29, 1.82) is 5.41 Å². The highest BCUT2D eigenvalue weighted by Gasteiger charge is 2.01. The normalized spacial score (nSPS) is 10.8. The second-order valence-corrected chi connectivity index (χ2v) is 3.02. The van der Waals surface area contributed by atoms with Crippen molar-refractivity contribution < 1.29 is 4.74 Å². The Hall–Kier alpha value is -1.62. The van der Waals surface area contributed by atoms with Crippen LogP contribution >= 0.6 is 0 Å². The van der Waals surface area contributed by atoms with Crippen LogP contribution in [0.4, 0.5) is 0 Å². The third kappa shape index (κ3) is 3.55. The SMILES string of the molecule is CN/C=C\C(=N)c1cnn(CCOC)c1. The van der Waals surface area contributed by atoms with Crippen molar-refractivity contribution in [2.24, 2.45) is 0 Å². The summed E-state index contributed by atoms with van der Waals surface area (Å²) in [4.78, 5) is 0. The number of methoxy groups -OCH3 is 1. The van der Waals surface area contributed by atoms with Crippen molar-refractivity contribution in [3.05, 3.63) is 30.2 Å². The number of hydrogen-bond acceptors (Lipinski definition) is 4. The summed E-state index contributed by atoms with van der Waals surface area (Å²) in [5.41, 5.74) is 1.24. The van der Waals surface area contributed by atoms with E-state index in [1.54, 1.807) is 37.3 Å². The summed E-state index contributed by atoms with van der Waals surface area (Å²) < 4.78 is 6.71. The van der Waals surface area contributed by atoms with E-state index in [4.69, 9.17) is 10.1 Å². The second kappa shape index (κ2) is 5.98. The minimum Gasteiger partial charge on any atom is -0.394 e. The molecule has 0 unspecified atom stereocenters. The van der Waals surface area contributed by atoms with Crippen LogP contribution < -0.4 is 5.32 Å². The van der Waals surface area contributed by atoms with E-state index < -0.39 is 0 Å². The summed E-state index contributed by atoms with van der Waals surface area (Å²) in [7, 11) is 3.45. The topological polar surface area (TPSA) is 62.9 Å². The maximum atomic E-state index is 7.71. The summed E-state index contributed by atoms with van der Waals surface area (Å²) in [5.74, 6) is 0. The molecule has 82 valence electrons. The van der Waals surface area contributed by atoms with Crippen LogP contribution in [0.15, 0.2) is 24.7 Å². The van der Waals surface area contributed by atoms with Gasteiger partial charge < -0.3 is 15.5 Å². The quantitative estimate of drug-likeness (QED) is 0.674. The number of ether oxygens (including phenoxy) is 1. The van der Waals surface area contributed by atoms with E-state index >= 15 is 0 Å². The Kier molecular flexibility index (Phi) is 4.56. The Morgan fingerprint density at radius 1 is 1.73 bits per heavy atom. The molecule has 0 atom stereocenters. The van der Waals surface area contributed by atoms with Crippen LogP contribution in [0.2, 0.25) is 0 Å². The summed E-state index contributed by atoms with van der Waals surface area (Å²) in [6.07, 6.45) is 6.92. The highest BCUT2D eigenvalue weighted by Crippen LogP contribution is 2.00. The lowest BCUT2D eigenvalue weighted by Crippen LogP contribution is -2.04. The Bertz CT molecular complexity index is 343. The molecule has 15 heavy (non-hydrogen) atoms. The standard InChI is InChI=1S/C10H16N4O/c1-12-4-3-10(11)9-7-13-14(8-9)5-6-15-2/h3-4,7-8,11-12H,5-6H2,1-2H3/b4-3-,11-10?. The molecule has 1 heterocycles. The number of hydrogen-bond donors (Lipinski definition) is 2. The number of nitrogens with zero attached hydrogens (tertiary/aromatic N) is 2. The third-order valence-electron chi connectivity index (χ3n) is 1.89. The minimum absolute atomic E-state index is 0.438. The fourth-order valence-corrected chi connectivity index (χ4v) is 1.07. The average Bonchev–Trinajstić information content (AvgIpc) is 2.71. The molecule has 0 aliphatic carbocycles. The molecule has 0 aliphatic rings. The van der Waals surface area contributed by atoms with Crippen molar-refractivity contribution in [3.8, 4) is 0 Å². The van der Waals surface area contributed by atoms with Gasteiger partial charge in [-0.3, -0.25) is 4.68 Å². The van der Waals surface area contributed by atoms with Gasteiger partial charge >= 0.3 is 0 Å². The summed E-state index contributed by atoms with van der Waals surface area (Å²) >= 11 is 0. The fraction of sp³-hybridized carbons (Fsp3) is 0.400. The van der Waals surface area contributed by atoms with Gasteiger partial charge in [0.05, 0.1) is 25.1 Å². The van der Waals surface area contributed by atoms with E-state index in [2.05, 4.69) is 10.4 Å². The van der Waals surface area contributed by atoms with Crippen LogP contribution in [0, 0.1) is 5.41 Å². The van der Waals surface area contributed by atoms with Gasteiger partial charge in [0.2, 0.25) is 0 Å². The molecule has 2 N–H and O–H groups in total. The molecule has 5 heteroatoms. The highest BCUT2D eigenvalue weighted by atomic mass is 16.5. The van der Waals surface area contributed by atoms with Gasteiger partial charge in [-0.05, 0) is 12.3 Å². The zero-order chi connectivity index (χ0) is 11.1. The van der Waals surface area contributed by atoms with E-state index in [1.165, 1.54) is 0 Å². The molecular weight excluding hydrogens is 192 g/mol. The zero-order valence-corrected chi connectivity index (χ0v) is 9.03. The molecule has 0 aromatic carbocycles. The first-order valence-corrected chi connectivity index (χ1v) is 4.72. The van der Waals surface area contributed by atoms with Crippen molar-refractivity contribution >= 4 is 5.71 Å². The lowest BCUT2D eigenvalue weighted by atomic mass is 10.2. The molecule has 1 aromatic rings. The van der Waals surface area contributed by atoms with Gasteiger partial charge in [-0.25, -0.2) is 0 Å². The summed E-state index contributed by atoms with van der Waals surface area (Å²) in [5, 5.41) is 14.7. The molecule has 5 nitrogen and oxygen atoms in total. The van der Waals surface area contributed by atoms with Gasteiger partial charge in [-0.2, -0.15) is 5.10 Å². The molecule has 0 saturated carbocycles. The molecular formula is C10H16N4O. The monoisotopic (exact) mass is 208 g/mol. The number of allylic oxidation sites excluding steroid dienone is 1. The maximum Gasteiger partial charge on any atom is 0.0658 e. The van der Waals surface area contributed by atoms with Gasteiger partial charge in [0.25, 0.3) is 0 Å². The van der Waals surface area contributed by atoms with E-state index in [1.807, 2.05) is 6.20 Å². The van der Waals surface area contributed by atoms with Gasteiger partial charge in [-0.15, -0.1) is 0 Å². The first-order valence-electron chi connectivity index (χ1n) is 4.72. The molecule has 1 aromatic heterocycles. The average molecular weight is 208 g/mol. The molecule has 0 radical (unpaired) electrons. The smallest absolute Gasteiger partial charge is 0.0658 e. The Balaban J connectivity index is 2.59. The Labute approximate surface area is 89.3 Å². The lowest BCUT2D eigenvalue weighted by Gasteiger charge is -1.98. The number of nitrogens with one attached hydrogen (secondary N) is 2. The predicted molar refractivity (Wildman–Crippen MR) is 59.1 cm³/mol. The van der Waals surface area contributed by atoms with Crippen LogP contribution in [0.5, 0.6) is 0 Å². The van der Waals surface area contributed by atoms with Gasteiger partial charge in [-0.1, -0.05) is 0 Å². The predicted octanol–water partition coefficient (Wildman–Crippen LogP) is 0.630. The van der Waals surface area contributed by atoms with E-state index in [9.17, 15) is 0 Å². The molecule has 0 spiro atoms. The van der Waals surface area contributed by atoms with Crippen LogP contribution in [-0.2, 0) is 11.3 Å². The van der Waals surface area contributed by atoms with Crippen LogP contribution in [0.1, 0.15) is 5.56 Å². The van der Waals surface area contributed by atoms with E-state index in [-0.39, 0.29) is 0 Å². The van der Waals surface area contributed by atoms with Crippen molar-refractivity contribution in [3.63, 3.8) is 0 Å². The van der Waals surface area contributed by atoms with Gasteiger partial charge in [0.15, 0.2) is 0 Å². The van der Waals surface area contributed by atoms with E-state index in [0.29, 0.717) is 18.9 Å². The third-order valence-corrected chi connectivity index (χ3v) is 1.89. The molecule has 0 amide bonds. The fourth-order valence-electron chi connectivity index (χ4n) is 1.07. The minimum atomic E-state index is 0.438. The zero-order valence-electron chi connectivity index (χ0n) is 9.03. The highest BCUT2D eigenvalue weighted by molar-refractivity contribution is 6.06. The summed E-state index contributed by atoms with van der Waals surface area (Å²) in [6, 6.07) is 0. The van der Waals surface area contributed by atoms with Crippen molar-refractivity contribution in [2.75, 3.05) is 20.8 Å². The van der Waals surface area contributed by atoms with Crippen LogP contribution in [0.25, 0.3) is 0 Å².